The van der Waals surface area contributed by atoms with Crippen LogP contribution < -0.4 is 21.3 Å². The number of carbonyl (C=O) groups excluding carboxylic acids is 1. The summed E-state index contributed by atoms with van der Waals surface area (Å²) in [5.41, 5.74) is 14.4. The molecule has 0 bridgehead atoms. The first-order valence-electron chi connectivity index (χ1n) is 8.57. The van der Waals surface area contributed by atoms with Crippen LogP contribution in [0.1, 0.15) is 28.4 Å². The number of nitrogen functional groups attached to an aromatic ring is 1. The molecule has 0 aliphatic heterocycles. The quantitative estimate of drug-likeness (QED) is 0.580. The van der Waals surface area contributed by atoms with Crippen LogP contribution in [0.3, 0.4) is 0 Å². The van der Waals surface area contributed by atoms with E-state index in [4.69, 9.17) is 10.5 Å². The van der Waals surface area contributed by atoms with E-state index in [-0.39, 0.29) is 23.3 Å². The van der Waals surface area contributed by atoms with Gasteiger partial charge in [0.15, 0.2) is 5.82 Å². The second-order valence-electron chi connectivity index (χ2n) is 5.99. The minimum Gasteiger partial charge on any atom is -0.437 e. The first kappa shape index (κ1) is 18.2. The summed E-state index contributed by atoms with van der Waals surface area (Å²) in [4.78, 5) is 20.3. The van der Waals surface area contributed by atoms with Crippen molar-refractivity contribution in [3.05, 3.63) is 71.5 Å². The summed E-state index contributed by atoms with van der Waals surface area (Å²) in [6, 6.07) is 14.9. The van der Waals surface area contributed by atoms with Crippen molar-refractivity contribution in [1.82, 2.24) is 15.4 Å². The Labute approximate surface area is 157 Å². The smallest absolute Gasteiger partial charge is 0.269 e. The summed E-state index contributed by atoms with van der Waals surface area (Å²) in [5.74, 6) is 0.782. The number of hydrogen-bond donors (Lipinski definition) is 3. The van der Waals surface area contributed by atoms with E-state index in [2.05, 4.69) is 27.7 Å². The molecule has 3 aromatic rings. The van der Waals surface area contributed by atoms with Crippen LogP contribution in [-0.4, -0.2) is 15.9 Å². The summed E-state index contributed by atoms with van der Waals surface area (Å²) in [6.45, 7) is 4.04. The number of nitrogens with two attached hydrogens (primary N) is 1. The average Bonchev–Trinajstić information content (AvgIpc) is 2.69. The van der Waals surface area contributed by atoms with Crippen molar-refractivity contribution in [2.24, 2.45) is 0 Å². The zero-order valence-corrected chi connectivity index (χ0v) is 15.2. The second kappa shape index (κ2) is 8.18. The van der Waals surface area contributed by atoms with Gasteiger partial charge in [-0.1, -0.05) is 36.8 Å². The Bertz CT molecular complexity index is 924. The molecule has 0 aliphatic carbocycles. The molecule has 1 amide bonds. The molecule has 3 rings (SSSR count). The monoisotopic (exact) mass is 363 g/mol. The zero-order chi connectivity index (χ0) is 19.2. The third kappa shape index (κ3) is 4.52. The normalized spacial score (nSPS) is 10.3. The van der Waals surface area contributed by atoms with Gasteiger partial charge in [0.1, 0.15) is 17.8 Å². The maximum absolute atomic E-state index is 12.2. The summed E-state index contributed by atoms with van der Waals surface area (Å²) >= 11 is 0. The van der Waals surface area contributed by atoms with E-state index >= 15 is 0 Å². The van der Waals surface area contributed by atoms with Crippen molar-refractivity contribution in [1.29, 1.82) is 0 Å². The topological polar surface area (TPSA) is 102 Å². The molecule has 27 heavy (non-hydrogen) atoms. The number of nitrogens with zero attached hydrogens (tertiary/aromatic N) is 2. The molecule has 0 aliphatic rings. The van der Waals surface area contributed by atoms with Crippen LogP contribution in [-0.2, 0) is 6.42 Å². The van der Waals surface area contributed by atoms with Gasteiger partial charge in [-0.05, 0) is 43.2 Å². The molecule has 2 aromatic carbocycles. The molecule has 0 fully saturated rings. The lowest BCUT2D eigenvalue weighted by molar-refractivity contribution is 0.0962. The molecule has 0 unspecified atom stereocenters. The number of benzene rings is 2. The third-order valence-corrected chi connectivity index (χ3v) is 4.00. The SMILES string of the molecule is CCc1ccc(Oc2ncnc(NNC(=O)c3ccc(C)cc3)c2N)cc1. The standard InChI is InChI=1S/C20H21N5O2/c1-3-14-6-10-16(11-7-14)27-20-17(21)18(22-12-23-20)24-25-19(26)15-8-4-13(2)5-9-15/h4-12H,3,21H2,1-2H3,(H,25,26)(H,22,23,24). The molecule has 1 aromatic heterocycles. The van der Waals surface area contributed by atoms with Crippen LogP contribution in [0.25, 0.3) is 0 Å². The van der Waals surface area contributed by atoms with Gasteiger partial charge in [0.25, 0.3) is 5.91 Å². The number of hydrogen-bond acceptors (Lipinski definition) is 6. The summed E-state index contributed by atoms with van der Waals surface area (Å²) in [5, 5.41) is 0. The largest absolute Gasteiger partial charge is 0.437 e. The Hall–Kier alpha value is -3.61. The van der Waals surface area contributed by atoms with Crippen molar-refractivity contribution in [3.8, 4) is 11.6 Å². The van der Waals surface area contributed by atoms with Crippen molar-refractivity contribution in [2.75, 3.05) is 11.2 Å². The molecular weight excluding hydrogens is 342 g/mol. The number of rotatable bonds is 6. The van der Waals surface area contributed by atoms with Crippen LogP contribution >= 0.6 is 0 Å². The Kier molecular flexibility index (Phi) is 5.51. The van der Waals surface area contributed by atoms with Gasteiger partial charge in [-0.25, -0.2) is 4.98 Å². The minimum absolute atomic E-state index is 0.196. The summed E-state index contributed by atoms with van der Waals surface area (Å²) in [7, 11) is 0. The molecule has 0 spiro atoms. The number of carbonyl (C=O) groups is 1. The first-order chi connectivity index (χ1) is 13.1. The van der Waals surface area contributed by atoms with Gasteiger partial charge < -0.3 is 10.5 Å². The second-order valence-corrected chi connectivity index (χ2v) is 5.99. The van der Waals surface area contributed by atoms with Crippen molar-refractivity contribution in [3.63, 3.8) is 0 Å². The molecule has 0 saturated carbocycles. The van der Waals surface area contributed by atoms with Gasteiger partial charge in [-0.15, -0.1) is 0 Å². The Morgan fingerprint density at radius 2 is 1.78 bits per heavy atom. The summed E-state index contributed by atoms with van der Waals surface area (Å²) < 4.78 is 5.73. The number of anilines is 2. The Balaban J connectivity index is 1.68. The van der Waals surface area contributed by atoms with Gasteiger partial charge in [0.2, 0.25) is 5.88 Å². The predicted molar refractivity (Wildman–Crippen MR) is 105 cm³/mol. The Morgan fingerprint density at radius 3 is 2.44 bits per heavy atom. The predicted octanol–water partition coefficient (Wildman–Crippen LogP) is 3.48. The van der Waals surface area contributed by atoms with Gasteiger partial charge in [-0.2, -0.15) is 4.98 Å². The van der Waals surface area contributed by atoms with E-state index in [1.165, 1.54) is 11.9 Å². The fourth-order valence-corrected chi connectivity index (χ4v) is 2.36. The number of aromatic nitrogens is 2. The maximum atomic E-state index is 12.2. The van der Waals surface area contributed by atoms with E-state index < -0.39 is 0 Å². The molecule has 1 heterocycles. The van der Waals surface area contributed by atoms with E-state index in [0.29, 0.717) is 11.3 Å². The van der Waals surface area contributed by atoms with Crippen LogP contribution in [0.2, 0.25) is 0 Å². The highest BCUT2D eigenvalue weighted by atomic mass is 16.5. The van der Waals surface area contributed by atoms with E-state index in [1.54, 1.807) is 12.1 Å². The lowest BCUT2D eigenvalue weighted by atomic mass is 10.1. The molecule has 0 saturated heterocycles. The Morgan fingerprint density at radius 1 is 1.07 bits per heavy atom. The highest BCUT2D eigenvalue weighted by Gasteiger charge is 2.12. The highest BCUT2D eigenvalue weighted by molar-refractivity contribution is 5.95. The molecule has 7 nitrogen and oxygen atoms in total. The zero-order valence-electron chi connectivity index (χ0n) is 15.2. The minimum atomic E-state index is -0.300. The van der Waals surface area contributed by atoms with Gasteiger partial charge in [0.05, 0.1) is 0 Å². The van der Waals surface area contributed by atoms with Crippen LogP contribution in [0.15, 0.2) is 54.9 Å². The molecule has 0 radical (unpaired) electrons. The molecule has 138 valence electrons. The molecule has 0 atom stereocenters. The van der Waals surface area contributed by atoms with Crippen LogP contribution in [0, 0.1) is 6.92 Å². The number of aryl methyl sites for hydroxylation is 2. The van der Waals surface area contributed by atoms with Crippen molar-refractivity contribution < 1.29 is 9.53 Å². The number of nitrogens with one attached hydrogen (secondary N) is 2. The van der Waals surface area contributed by atoms with Crippen LogP contribution in [0.4, 0.5) is 11.5 Å². The number of ether oxygens (including phenoxy) is 1. The highest BCUT2D eigenvalue weighted by Crippen LogP contribution is 2.29. The fraction of sp³-hybridized carbons (Fsp3) is 0.150. The third-order valence-electron chi connectivity index (χ3n) is 4.00. The number of hydrazine groups is 1. The average molecular weight is 363 g/mol. The van der Waals surface area contributed by atoms with Gasteiger partial charge in [-0.3, -0.25) is 15.6 Å². The van der Waals surface area contributed by atoms with Gasteiger partial charge >= 0.3 is 0 Å². The van der Waals surface area contributed by atoms with E-state index in [1.807, 2.05) is 43.3 Å². The molecule has 4 N–H and O–H groups in total. The lowest BCUT2D eigenvalue weighted by Gasteiger charge is -2.12. The van der Waals surface area contributed by atoms with Crippen LogP contribution in [0.5, 0.6) is 11.6 Å². The fourth-order valence-electron chi connectivity index (χ4n) is 2.36. The summed E-state index contributed by atoms with van der Waals surface area (Å²) in [6.07, 6.45) is 2.26. The van der Waals surface area contributed by atoms with E-state index in [9.17, 15) is 4.79 Å². The van der Waals surface area contributed by atoms with Crippen molar-refractivity contribution in [2.45, 2.75) is 20.3 Å². The first-order valence-corrected chi connectivity index (χ1v) is 8.57. The lowest BCUT2D eigenvalue weighted by Crippen LogP contribution is -2.30. The number of amides is 1. The molecule has 7 heteroatoms. The van der Waals surface area contributed by atoms with Crippen molar-refractivity contribution >= 4 is 17.4 Å². The van der Waals surface area contributed by atoms with Gasteiger partial charge in [0, 0.05) is 5.56 Å². The maximum Gasteiger partial charge on any atom is 0.269 e. The molecular formula is C20H21N5O2. The van der Waals surface area contributed by atoms with E-state index in [0.717, 1.165) is 12.0 Å².